The highest BCUT2D eigenvalue weighted by Gasteiger charge is 2.17. The van der Waals surface area contributed by atoms with Gasteiger partial charge < -0.3 is 5.73 Å². The van der Waals surface area contributed by atoms with E-state index in [-0.39, 0.29) is 6.04 Å². The van der Waals surface area contributed by atoms with E-state index in [0.717, 1.165) is 30.9 Å². The molecule has 18 heavy (non-hydrogen) atoms. The number of nitrogens with two attached hydrogens (primary N) is 1. The van der Waals surface area contributed by atoms with E-state index in [0.29, 0.717) is 0 Å². The lowest BCUT2D eigenvalue weighted by molar-refractivity contribution is 0.404. The van der Waals surface area contributed by atoms with Gasteiger partial charge in [-0.2, -0.15) is 11.8 Å². The highest BCUT2D eigenvalue weighted by molar-refractivity contribution is 7.99. The molecule has 1 aliphatic heterocycles. The smallest absolute Gasteiger partial charge is 0.0419 e. The minimum Gasteiger partial charge on any atom is -0.327 e. The number of hydrogen-bond acceptors (Lipinski definition) is 3. The van der Waals surface area contributed by atoms with Crippen molar-refractivity contribution in [1.82, 2.24) is 4.98 Å². The van der Waals surface area contributed by atoms with E-state index < -0.39 is 0 Å². The van der Waals surface area contributed by atoms with Gasteiger partial charge in [0.25, 0.3) is 0 Å². The SMILES string of the molecule is CCc1ccc(CC(N)CC2CCSCC2)nc1. The Morgan fingerprint density at radius 3 is 2.78 bits per heavy atom. The average molecular weight is 264 g/mol. The minimum atomic E-state index is 0.276. The molecule has 0 spiro atoms. The molecule has 2 rings (SSSR count). The van der Waals surface area contributed by atoms with Crippen molar-refractivity contribution in [3.05, 3.63) is 29.6 Å². The molecule has 1 atom stereocenters. The molecule has 1 aliphatic rings. The van der Waals surface area contributed by atoms with E-state index in [2.05, 4.69) is 35.8 Å². The number of thioether (sulfide) groups is 1. The van der Waals surface area contributed by atoms with Crippen molar-refractivity contribution in [2.45, 2.75) is 45.1 Å². The summed E-state index contributed by atoms with van der Waals surface area (Å²) in [5, 5.41) is 0. The van der Waals surface area contributed by atoms with Gasteiger partial charge in [0.2, 0.25) is 0 Å². The Balaban J connectivity index is 1.80. The monoisotopic (exact) mass is 264 g/mol. The van der Waals surface area contributed by atoms with E-state index >= 15 is 0 Å². The number of nitrogens with zero attached hydrogens (tertiary/aromatic N) is 1. The summed E-state index contributed by atoms with van der Waals surface area (Å²) in [5.41, 5.74) is 8.71. The minimum absolute atomic E-state index is 0.276. The summed E-state index contributed by atoms with van der Waals surface area (Å²) in [6.07, 6.45) is 7.82. The second-order valence-electron chi connectivity index (χ2n) is 5.27. The summed E-state index contributed by atoms with van der Waals surface area (Å²) in [5.74, 6) is 3.48. The molecule has 0 saturated carbocycles. The van der Waals surface area contributed by atoms with Crippen LogP contribution in [-0.4, -0.2) is 22.5 Å². The zero-order valence-electron chi connectivity index (χ0n) is 11.3. The largest absolute Gasteiger partial charge is 0.327 e. The normalized spacial score (nSPS) is 18.8. The fourth-order valence-corrected chi connectivity index (χ4v) is 3.75. The van der Waals surface area contributed by atoms with Gasteiger partial charge in [-0.15, -0.1) is 0 Å². The summed E-state index contributed by atoms with van der Waals surface area (Å²) in [4.78, 5) is 4.50. The fraction of sp³-hybridized carbons (Fsp3) is 0.667. The van der Waals surface area contributed by atoms with Crippen LogP contribution < -0.4 is 5.73 Å². The van der Waals surface area contributed by atoms with Crippen LogP contribution in [0.5, 0.6) is 0 Å². The summed E-state index contributed by atoms with van der Waals surface area (Å²) in [6.45, 7) is 2.16. The first kappa shape index (κ1) is 13.9. The molecule has 2 N–H and O–H groups in total. The van der Waals surface area contributed by atoms with Crippen molar-refractivity contribution in [2.24, 2.45) is 11.7 Å². The molecule has 2 heterocycles. The van der Waals surface area contributed by atoms with Crippen LogP contribution in [0.2, 0.25) is 0 Å². The Labute approximate surface area is 115 Å². The maximum absolute atomic E-state index is 6.26. The fourth-order valence-electron chi connectivity index (χ4n) is 2.55. The molecule has 1 saturated heterocycles. The molecule has 1 fully saturated rings. The first-order valence-corrected chi connectivity index (χ1v) is 8.20. The molecule has 0 bridgehead atoms. The maximum atomic E-state index is 6.26. The molecule has 0 radical (unpaired) electrons. The Bertz CT molecular complexity index is 344. The van der Waals surface area contributed by atoms with Crippen molar-refractivity contribution >= 4 is 11.8 Å². The second kappa shape index (κ2) is 7.15. The third-order valence-corrected chi connectivity index (χ3v) is 4.79. The van der Waals surface area contributed by atoms with Crippen molar-refractivity contribution in [3.8, 4) is 0 Å². The van der Waals surface area contributed by atoms with Gasteiger partial charge in [-0.25, -0.2) is 0 Å². The Morgan fingerprint density at radius 1 is 1.39 bits per heavy atom. The number of pyridine rings is 1. The summed E-state index contributed by atoms with van der Waals surface area (Å²) >= 11 is 2.08. The van der Waals surface area contributed by atoms with Crippen LogP contribution in [0.1, 0.15) is 37.4 Å². The van der Waals surface area contributed by atoms with Crippen LogP contribution in [0.15, 0.2) is 18.3 Å². The van der Waals surface area contributed by atoms with Crippen molar-refractivity contribution in [2.75, 3.05) is 11.5 Å². The predicted octanol–water partition coefficient (Wildman–Crippen LogP) is 3.05. The number of rotatable bonds is 5. The molecule has 0 aliphatic carbocycles. The summed E-state index contributed by atoms with van der Waals surface area (Å²) in [6, 6.07) is 4.58. The van der Waals surface area contributed by atoms with Crippen LogP contribution in [0.25, 0.3) is 0 Å². The number of hydrogen-bond donors (Lipinski definition) is 1. The molecular formula is C15H24N2S. The Morgan fingerprint density at radius 2 is 2.17 bits per heavy atom. The lowest BCUT2D eigenvalue weighted by Crippen LogP contribution is -2.28. The second-order valence-corrected chi connectivity index (χ2v) is 6.49. The molecule has 1 aromatic heterocycles. The van der Waals surface area contributed by atoms with Crippen molar-refractivity contribution in [1.29, 1.82) is 0 Å². The van der Waals surface area contributed by atoms with Crippen LogP contribution in [0, 0.1) is 5.92 Å². The molecule has 0 aromatic carbocycles. The highest BCUT2D eigenvalue weighted by atomic mass is 32.2. The zero-order valence-corrected chi connectivity index (χ0v) is 12.1. The van der Waals surface area contributed by atoms with E-state index in [4.69, 9.17) is 5.73 Å². The molecule has 3 heteroatoms. The zero-order chi connectivity index (χ0) is 12.8. The summed E-state index contributed by atoms with van der Waals surface area (Å²) in [7, 11) is 0. The van der Waals surface area contributed by atoms with Crippen LogP contribution in [0.3, 0.4) is 0 Å². The highest BCUT2D eigenvalue weighted by Crippen LogP contribution is 2.26. The lowest BCUT2D eigenvalue weighted by Gasteiger charge is -2.24. The van der Waals surface area contributed by atoms with Gasteiger partial charge in [0.1, 0.15) is 0 Å². The average Bonchev–Trinajstić information content (AvgIpc) is 2.40. The predicted molar refractivity (Wildman–Crippen MR) is 80.0 cm³/mol. The molecule has 1 unspecified atom stereocenters. The maximum Gasteiger partial charge on any atom is 0.0419 e. The van der Waals surface area contributed by atoms with Gasteiger partial charge in [-0.3, -0.25) is 4.98 Å². The van der Waals surface area contributed by atoms with E-state index in [1.54, 1.807) is 0 Å². The Kier molecular flexibility index (Phi) is 5.51. The van der Waals surface area contributed by atoms with E-state index in [1.165, 1.54) is 29.9 Å². The molecule has 2 nitrogen and oxygen atoms in total. The third-order valence-electron chi connectivity index (χ3n) is 3.74. The molecule has 0 amide bonds. The quantitative estimate of drug-likeness (QED) is 0.888. The molecular weight excluding hydrogens is 240 g/mol. The number of aromatic nitrogens is 1. The van der Waals surface area contributed by atoms with Crippen molar-refractivity contribution in [3.63, 3.8) is 0 Å². The molecule has 100 valence electrons. The van der Waals surface area contributed by atoms with Crippen LogP contribution >= 0.6 is 11.8 Å². The topological polar surface area (TPSA) is 38.9 Å². The van der Waals surface area contributed by atoms with E-state index in [1.807, 2.05) is 6.20 Å². The number of aryl methyl sites for hydroxylation is 1. The van der Waals surface area contributed by atoms with Crippen LogP contribution in [-0.2, 0) is 12.8 Å². The van der Waals surface area contributed by atoms with E-state index in [9.17, 15) is 0 Å². The van der Waals surface area contributed by atoms with Gasteiger partial charge in [0.05, 0.1) is 0 Å². The standard InChI is InChI=1S/C15H24N2S/c1-2-12-3-4-15(17-11-12)10-14(16)9-13-5-7-18-8-6-13/h3-4,11,13-14H,2,5-10,16H2,1H3. The third kappa shape index (κ3) is 4.29. The van der Waals surface area contributed by atoms with Gasteiger partial charge in [-0.1, -0.05) is 13.0 Å². The lowest BCUT2D eigenvalue weighted by atomic mass is 9.92. The molecule has 1 aromatic rings. The first-order valence-electron chi connectivity index (χ1n) is 7.05. The van der Waals surface area contributed by atoms with Gasteiger partial charge in [-0.05, 0) is 54.7 Å². The summed E-state index contributed by atoms with van der Waals surface area (Å²) < 4.78 is 0. The Hall–Kier alpha value is -0.540. The first-order chi connectivity index (χ1) is 8.78. The van der Waals surface area contributed by atoms with Crippen molar-refractivity contribution < 1.29 is 0 Å². The van der Waals surface area contributed by atoms with Crippen LogP contribution in [0.4, 0.5) is 0 Å². The van der Waals surface area contributed by atoms with Gasteiger partial charge in [0, 0.05) is 24.4 Å². The van der Waals surface area contributed by atoms with Gasteiger partial charge in [0.15, 0.2) is 0 Å². The van der Waals surface area contributed by atoms with Gasteiger partial charge >= 0.3 is 0 Å².